The lowest BCUT2D eigenvalue weighted by atomic mass is 9.87. The van der Waals surface area contributed by atoms with E-state index in [2.05, 4.69) is 59.9 Å². The van der Waals surface area contributed by atoms with Crippen LogP contribution >= 0.6 is 39.7 Å². The second kappa shape index (κ2) is 8.70. The lowest BCUT2D eigenvalue weighted by molar-refractivity contribution is -0.122. The predicted octanol–water partition coefficient (Wildman–Crippen LogP) is 5.96. The number of nitrogens with zero attached hydrogens (tertiary/aromatic N) is 2. The summed E-state index contributed by atoms with van der Waals surface area (Å²) in [5.41, 5.74) is 4.15. The van der Waals surface area contributed by atoms with Crippen molar-refractivity contribution in [2.45, 2.75) is 33.2 Å². The monoisotopic (exact) mass is 543 g/mol. The van der Waals surface area contributed by atoms with E-state index in [1.54, 1.807) is 18.2 Å². The predicted molar refractivity (Wildman–Crippen MR) is 143 cm³/mol. The van der Waals surface area contributed by atoms with Gasteiger partial charge in [0.15, 0.2) is 5.11 Å². The van der Waals surface area contributed by atoms with E-state index >= 15 is 0 Å². The molecule has 0 bridgehead atoms. The lowest BCUT2D eigenvalue weighted by Crippen LogP contribution is -2.54. The number of benzene rings is 2. The van der Waals surface area contributed by atoms with Gasteiger partial charge in [-0.05, 0) is 87.5 Å². The maximum Gasteiger partial charge on any atom is 0.270 e. The zero-order chi connectivity index (χ0) is 24.1. The number of allylic oxidation sites excluding steroid dienone is 1. The summed E-state index contributed by atoms with van der Waals surface area (Å²) in [6.45, 7) is 9.31. The van der Waals surface area contributed by atoms with Gasteiger partial charge in [-0.25, -0.2) is 0 Å². The Labute approximate surface area is 212 Å². The first-order valence-electron chi connectivity index (χ1n) is 10.5. The van der Waals surface area contributed by atoms with Gasteiger partial charge >= 0.3 is 0 Å². The Bertz CT molecular complexity index is 1270. The van der Waals surface area contributed by atoms with Crippen molar-refractivity contribution < 1.29 is 9.59 Å². The smallest absolute Gasteiger partial charge is 0.270 e. The summed E-state index contributed by atoms with van der Waals surface area (Å²) in [4.78, 5) is 29.7. The summed E-state index contributed by atoms with van der Waals surface area (Å²) < 4.78 is 0.793. The molecule has 1 saturated heterocycles. The van der Waals surface area contributed by atoms with Crippen molar-refractivity contribution in [3.63, 3.8) is 0 Å². The number of amides is 2. The molecule has 0 spiro atoms. The highest BCUT2D eigenvalue weighted by Gasteiger charge is 2.35. The van der Waals surface area contributed by atoms with Crippen LogP contribution in [0.5, 0.6) is 0 Å². The average Bonchev–Trinajstić information content (AvgIpc) is 2.71. The van der Waals surface area contributed by atoms with E-state index in [9.17, 15) is 9.59 Å². The largest absolute Gasteiger partial charge is 0.363 e. The molecule has 1 fully saturated rings. The van der Waals surface area contributed by atoms with Crippen molar-refractivity contribution >= 4 is 79.7 Å². The van der Waals surface area contributed by atoms with Crippen LogP contribution in [0.4, 0.5) is 11.4 Å². The van der Waals surface area contributed by atoms with Gasteiger partial charge in [-0.15, -0.1) is 0 Å². The molecule has 33 heavy (non-hydrogen) atoms. The number of nitrogens with one attached hydrogen (secondary N) is 1. The van der Waals surface area contributed by atoms with Crippen LogP contribution in [0.25, 0.3) is 11.6 Å². The highest BCUT2D eigenvalue weighted by molar-refractivity contribution is 9.10. The number of hydrogen-bond donors (Lipinski definition) is 1. The molecule has 8 heteroatoms. The minimum atomic E-state index is -0.548. The first-order chi connectivity index (χ1) is 15.5. The molecule has 0 radical (unpaired) electrons. The zero-order valence-corrected chi connectivity index (χ0v) is 21.9. The Hall–Kier alpha value is -2.48. The normalized spacial score (nSPS) is 18.9. The summed E-state index contributed by atoms with van der Waals surface area (Å²) >= 11 is 15.4. The molecule has 2 aromatic carbocycles. The Balaban J connectivity index is 1.80. The summed E-state index contributed by atoms with van der Waals surface area (Å²) in [7, 11) is 0. The Kier molecular flexibility index (Phi) is 6.24. The van der Waals surface area contributed by atoms with Crippen LogP contribution < -0.4 is 15.1 Å². The van der Waals surface area contributed by atoms with Crippen LogP contribution in [-0.2, 0) is 9.59 Å². The van der Waals surface area contributed by atoms with Crippen molar-refractivity contribution in [1.82, 2.24) is 5.32 Å². The van der Waals surface area contributed by atoms with Crippen molar-refractivity contribution in [2.24, 2.45) is 0 Å². The summed E-state index contributed by atoms with van der Waals surface area (Å²) in [5, 5.41) is 3.12. The van der Waals surface area contributed by atoms with Gasteiger partial charge in [0.25, 0.3) is 11.8 Å². The molecule has 1 N–H and O–H groups in total. The van der Waals surface area contributed by atoms with Gasteiger partial charge in [-0.1, -0.05) is 39.7 Å². The van der Waals surface area contributed by atoms with Gasteiger partial charge in [0, 0.05) is 27.3 Å². The Morgan fingerprint density at radius 2 is 1.94 bits per heavy atom. The third-order valence-electron chi connectivity index (χ3n) is 5.88. The van der Waals surface area contributed by atoms with Gasteiger partial charge in [0.1, 0.15) is 5.57 Å². The zero-order valence-electron chi connectivity index (χ0n) is 18.7. The lowest BCUT2D eigenvalue weighted by Gasteiger charge is -2.43. The van der Waals surface area contributed by atoms with E-state index in [1.165, 1.54) is 11.0 Å². The van der Waals surface area contributed by atoms with Crippen molar-refractivity contribution in [1.29, 1.82) is 0 Å². The molecule has 0 unspecified atom stereocenters. The number of rotatable bonds is 3. The highest BCUT2D eigenvalue weighted by atomic mass is 79.9. The molecule has 2 aromatic rings. The van der Waals surface area contributed by atoms with Crippen LogP contribution in [0, 0.1) is 0 Å². The van der Waals surface area contributed by atoms with E-state index in [-0.39, 0.29) is 16.2 Å². The standard InChI is InChI=1S/C25H23BrClN3O2S/c1-5-29-21-12-20(27)15(9-18(21)14(2)13-25(29,3)4)10-19-22(31)28-24(33)30(23(19)32)17-8-6-7-16(26)11-17/h6-13H,5H2,1-4H3,(H,28,31,33)/b19-10-. The average molecular weight is 545 g/mol. The van der Waals surface area contributed by atoms with Gasteiger partial charge in [-0.2, -0.15) is 0 Å². The Morgan fingerprint density at radius 3 is 2.61 bits per heavy atom. The molecular weight excluding hydrogens is 522 g/mol. The van der Waals surface area contributed by atoms with Crippen LogP contribution in [0.1, 0.15) is 38.8 Å². The molecule has 170 valence electrons. The molecule has 2 aliphatic heterocycles. The van der Waals surface area contributed by atoms with E-state index in [0.717, 1.165) is 27.8 Å². The minimum Gasteiger partial charge on any atom is -0.363 e. The quantitative estimate of drug-likeness (QED) is 0.294. The summed E-state index contributed by atoms with van der Waals surface area (Å²) in [5.74, 6) is -1.05. The topological polar surface area (TPSA) is 52.7 Å². The third kappa shape index (κ3) is 4.25. The maximum absolute atomic E-state index is 13.3. The molecule has 0 aliphatic carbocycles. The van der Waals surface area contributed by atoms with Crippen LogP contribution in [0.15, 0.2) is 52.5 Å². The third-order valence-corrected chi connectivity index (χ3v) is 6.99. The first kappa shape index (κ1) is 23.7. The van der Waals surface area contributed by atoms with Crippen LogP contribution in [0.2, 0.25) is 5.02 Å². The molecule has 4 rings (SSSR count). The second-order valence-corrected chi connectivity index (χ2v) is 10.3. The van der Waals surface area contributed by atoms with Crippen molar-refractivity contribution in [3.8, 4) is 0 Å². The first-order valence-corrected chi connectivity index (χ1v) is 12.1. The van der Waals surface area contributed by atoms with Crippen molar-refractivity contribution in [3.05, 3.63) is 68.7 Å². The fourth-order valence-electron chi connectivity index (χ4n) is 4.47. The van der Waals surface area contributed by atoms with E-state index < -0.39 is 11.8 Å². The SMILES string of the molecule is CCN1c2cc(Cl)c(/C=C3/C(=O)NC(=S)N(c4cccc(Br)c4)C3=O)cc2C(C)=CC1(C)C. The number of thiocarbonyl (C=S) groups is 1. The summed E-state index contributed by atoms with van der Waals surface area (Å²) in [6.07, 6.45) is 3.76. The molecule has 0 aromatic heterocycles. The van der Waals surface area contributed by atoms with E-state index in [1.807, 2.05) is 18.2 Å². The number of carbonyl (C=O) groups excluding carboxylic acids is 2. The van der Waals surface area contributed by atoms with Crippen LogP contribution in [0.3, 0.4) is 0 Å². The minimum absolute atomic E-state index is 0.0319. The molecule has 5 nitrogen and oxygen atoms in total. The van der Waals surface area contributed by atoms with Gasteiger partial charge in [0.2, 0.25) is 0 Å². The maximum atomic E-state index is 13.3. The number of anilines is 2. The summed E-state index contributed by atoms with van der Waals surface area (Å²) in [6, 6.07) is 11.0. The fraction of sp³-hybridized carbons (Fsp3) is 0.240. The molecule has 0 atom stereocenters. The molecule has 2 heterocycles. The Morgan fingerprint density at radius 1 is 1.21 bits per heavy atom. The fourth-order valence-corrected chi connectivity index (χ4v) is 5.35. The molecule has 0 saturated carbocycles. The van der Waals surface area contributed by atoms with Gasteiger partial charge < -0.3 is 4.90 Å². The molecule has 2 aliphatic rings. The highest BCUT2D eigenvalue weighted by Crippen LogP contribution is 2.41. The number of halogens is 2. The number of carbonyl (C=O) groups is 2. The van der Waals surface area contributed by atoms with Gasteiger partial charge in [-0.3, -0.25) is 19.8 Å². The number of hydrogen-bond acceptors (Lipinski definition) is 4. The van der Waals surface area contributed by atoms with Crippen LogP contribution in [-0.4, -0.2) is 29.0 Å². The van der Waals surface area contributed by atoms with E-state index in [4.69, 9.17) is 23.8 Å². The van der Waals surface area contributed by atoms with Gasteiger partial charge in [0.05, 0.1) is 11.2 Å². The molecule has 2 amide bonds. The van der Waals surface area contributed by atoms with Crippen molar-refractivity contribution in [2.75, 3.05) is 16.3 Å². The number of fused-ring (bicyclic) bond motifs is 1. The van der Waals surface area contributed by atoms with E-state index in [0.29, 0.717) is 16.3 Å². The second-order valence-electron chi connectivity index (χ2n) is 8.55. The molecular formula is C25H23BrClN3O2S. The number of likely N-dealkylation sites (N-methyl/N-ethyl adjacent to an activating group) is 1.